The highest BCUT2D eigenvalue weighted by molar-refractivity contribution is 6.06. The minimum absolute atomic E-state index is 0.0765. The molecule has 11 heteroatoms. The molecule has 3 atom stereocenters. The third-order valence-electron chi connectivity index (χ3n) is 5.61. The molecule has 2 heterocycles. The lowest BCUT2D eigenvalue weighted by Crippen LogP contribution is -2.46. The van der Waals surface area contributed by atoms with Gasteiger partial charge in [-0.15, -0.1) is 0 Å². The molecule has 0 radical (unpaired) electrons. The molecule has 6 amide bonds. The molecular formula is C21H30N4O7. The first-order valence-corrected chi connectivity index (χ1v) is 10.8. The van der Waals surface area contributed by atoms with Gasteiger partial charge in [0, 0.05) is 31.2 Å². The molecule has 0 aliphatic carbocycles. The lowest BCUT2D eigenvalue weighted by molar-refractivity contribution is -0.143. The number of imide groups is 2. The average Bonchev–Trinajstić information content (AvgIpc) is 3.09. The first kappa shape index (κ1) is 25.2. The van der Waals surface area contributed by atoms with Crippen LogP contribution in [0.1, 0.15) is 52.9 Å². The molecule has 0 aromatic rings. The zero-order valence-electron chi connectivity index (χ0n) is 18.6. The van der Waals surface area contributed by atoms with E-state index >= 15 is 0 Å². The Hall–Kier alpha value is -3.11. The van der Waals surface area contributed by atoms with Crippen molar-refractivity contribution in [1.82, 2.24) is 20.4 Å². The summed E-state index contributed by atoms with van der Waals surface area (Å²) in [5, 5.41) is 5.19. The number of Topliss-reactive ketones (excluding diaryl/α,β-unsaturated/α-hetero) is 1. The van der Waals surface area contributed by atoms with Crippen LogP contribution in [0.25, 0.3) is 0 Å². The van der Waals surface area contributed by atoms with Gasteiger partial charge in [0.1, 0.15) is 13.1 Å². The fourth-order valence-corrected chi connectivity index (χ4v) is 3.69. The van der Waals surface area contributed by atoms with Crippen LogP contribution >= 0.6 is 0 Å². The Morgan fingerprint density at radius 3 is 1.81 bits per heavy atom. The van der Waals surface area contributed by atoms with Gasteiger partial charge in [-0.25, -0.2) is 0 Å². The zero-order valence-corrected chi connectivity index (χ0v) is 18.6. The van der Waals surface area contributed by atoms with Crippen molar-refractivity contribution in [2.24, 2.45) is 11.8 Å². The lowest BCUT2D eigenvalue weighted by Gasteiger charge is -2.19. The van der Waals surface area contributed by atoms with Crippen molar-refractivity contribution >= 4 is 41.2 Å². The second kappa shape index (κ2) is 11.0. The molecule has 0 aromatic carbocycles. The van der Waals surface area contributed by atoms with Crippen molar-refractivity contribution in [3.63, 3.8) is 0 Å². The van der Waals surface area contributed by atoms with Crippen molar-refractivity contribution < 1.29 is 33.6 Å². The van der Waals surface area contributed by atoms with Crippen LogP contribution in [0, 0.1) is 11.8 Å². The van der Waals surface area contributed by atoms with Crippen LogP contribution in [0.4, 0.5) is 0 Å². The molecule has 0 saturated carbocycles. The van der Waals surface area contributed by atoms with Crippen molar-refractivity contribution in [1.29, 1.82) is 0 Å². The molecule has 2 aliphatic heterocycles. The van der Waals surface area contributed by atoms with Gasteiger partial charge in [0.25, 0.3) is 0 Å². The van der Waals surface area contributed by atoms with Gasteiger partial charge < -0.3 is 10.6 Å². The topological polar surface area (TPSA) is 150 Å². The predicted molar refractivity (Wildman–Crippen MR) is 110 cm³/mol. The smallest absolute Gasteiger partial charge is 0.240 e. The fraction of sp³-hybridized carbons (Fsp3) is 0.667. The third-order valence-corrected chi connectivity index (χ3v) is 5.61. The summed E-state index contributed by atoms with van der Waals surface area (Å²) in [5.41, 5.74) is 0. The summed E-state index contributed by atoms with van der Waals surface area (Å²) in [4.78, 5) is 85.1. The van der Waals surface area contributed by atoms with Gasteiger partial charge in [-0.2, -0.15) is 0 Å². The van der Waals surface area contributed by atoms with Crippen molar-refractivity contribution in [2.45, 2.75) is 58.9 Å². The molecule has 32 heavy (non-hydrogen) atoms. The number of carbonyl (C=O) groups excluding carboxylic acids is 7. The molecule has 0 spiro atoms. The average molecular weight is 450 g/mol. The Kier molecular flexibility index (Phi) is 8.62. The van der Waals surface area contributed by atoms with E-state index in [1.54, 1.807) is 13.8 Å². The van der Waals surface area contributed by atoms with Crippen LogP contribution in [0.3, 0.4) is 0 Å². The second-order valence-electron chi connectivity index (χ2n) is 8.42. The van der Waals surface area contributed by atoms with Gasteiger partial charge in [0.15, 0.2) is 5.78 Å². The second-order valence-corrected chi connectivity index (χ2v) is 8.42. The minimum Gasteiger partial charge on any atom is -0.355 e. The van der Waals surface area contributed by atoms with Crippen LogP contribution in [-0.2, 0) is 33.6 Å². The highest BCUT2D eigenvalue weighted by atomic mass is 16.2. The number of hydrogen-bond donors (Lipinski definition) is 2. The number of amides is 6. The fourth-order valence-electron chi connectivity index (χ4n) is 3.69. The van der Waals surface area contributed by atoms with E-state index in [-0.39, 0.29) is 43.5 Å². The van der Waals surface area contributed by atoms with Crippen LogP contribution in [0.5, 0.6) is 0 Å². The molecule has 2 N–H and O–H groups in total. The van der Waals surface area contributed by atoms with Crippen LogP contribution in [0.2, 0.25) is 0 Å². The molecular weight excluding hydrogens is 420 g/mol. The summed E-state index contributed by atoms with van der Waals surface area (Å²) >= 11 is 0. The Morgan fingerprint density at radius 2 is 1.38 bits per heavy atom. The highest BCUT2D eigenvalue weighted by Gasteiger charge is 2.37. The third kappa shape index (κ3) is 6.44. The monoisotopic (exact) mass is 450 g/mol. The molecule has 11 nitrogen and oxygen atoms in total. The summed E-state index contributed by atoms with van der Waals surface area (Å²) in [7, 11) is 0. The number of nitrogens with zero attached hydrogens (tertiary/aromatic N) is 2. The summed E-state index contributed by atoms with van der Waals surface area (Å²) in [5.74, 6) is -3.63. The Labute approximate surface area is 186 Å². The number of nitrogens with one attached hydrogen (secondary N) is 2. The molecule has 2 fully saturated rings. The Morgan fingerprint density at radius 1 is 0.875 bits per heavy atom. The first-order valence-electron chi connectivity index (χ1n) is 10.8. The maximum atomic E-state index is 12.2. The van der Waals surface area contributed by atoms with Crippen molar-refractivity contribution in [2.75, 3.05) is 19.6 Å². The van der Waals surface area contributed by atoms with Crippen LogP contribution in [-0.4, -0.2) is 76.7 Å². The minimum atomic E-state index is -0.759. The normalized spacial score (nSPS) is 21.8. The summed E-state index contributed by atoms with van der Waals surface area (Å²) in [6, 6.07) is -0.759. The molecule has 176 valence electrons. The van der Waals surface area contributed by atoms with Gasteiger partial charge in [-0.3, -0.25) is 43.4 Å². The maximum absolute atomic E-state index is 12.2. The van der Waals surface area contributed by atoms with E-state index in [1.165, 1.54) is 6.92 Å². The van der Waals surface area contributed by atoms with Crippen molar-refractivity contribution in [3.8, 4) is 0 Å². The van der Waals surface area contributed by atoms with Crippen molar-refractivity contribution in [3.05, 3.63) is 0 Å². The maximum Gasteiger partial charge on any atom is 0.240 e. The molecule has 0 bridgehead atoms. The van der Waals surface area contributed by atoms with Gasteiger partial charge in [-0.1, -0.05) is 13.8 Å². The Balaban J connectivity index is 1.69. The summed E-state index contributed by atoms with van der Waals surface area (Å²) in [6.07, 6.45) is 1.55. The van der Waals surface area contributed by atoms with Gasteiger partial charge in [0.2, 0.25) is 35.4 Å². The van der Waals surface area contributed by atoms with E-state index in [2.05, 4.69) is 10.6 Å². The van der Waals surface area contributed by atoms with E-state index in [0.29, 0.717) is 19.3 Å². The predicted octanol–water partition coefficient (Wildman–Crippen LogP) is -0.863. The quantitative estimate of drug-likeness (QED) is 0.307. The number of rotatable bonds is 11. The standard InChI is InChI=1S/C21H30N4O7/c1-12-8-18(29)24(20(12)31)10-16(27)22-7-5-4-6-15(14(3)26)23-17(28)11-25-19(30)9-13(2)21(25)32/h12-13,15H,4-11H2,1-3H3,(H,22,27)(H,23,28). The van der Waals surface area contributed by atoms with E-state index in [4.69, 9.17) is 0 Å². The van der Waals surface area contributed by atoms with E-state index in [9.17, 15) is 33.6 Å². The van der Waals surface area contributed by atoms with Gasteiger partial charge in [-0.05, 0) is 26.2 Å². The largest absolute Gasteiger partial charge is 0.355 e. The molecule has 3 unspecified atom stereocenters. The number of carbonyl (C=O) groups is 7. The number of hydrogen-bond acceptors (Lipinski definition) is 7. The van der Waals surface area contributed by atoms with Gasteiger partial charge in [0.05, 0.1) is 6.04 Å². The summed E-state index contributed by atoms with van der Waals surface area (Å²) < 4.78 is 0. The zero-order chi connectivity index (χ0) is 24.0. The molecule has 0 aromatic heterocycles. The number of likely N-dealkylation sites (tertiary alicyclic amines) is 2. The number of unbranched alkanes of at least 4 members (excludes halogenated alkanes) is 1. The van der Waals surface area contributed by atoms with E-state index in [0.717, 1.165) is 9.80 Å². The van der Waals surface area contributed by atoms with E-state index < -0.39 is 48.1 Å². The molecule has 2 aliphatic rings. The number of ketones is 1. The van der Waals surface area contributed by atoms with Gasteiger partial charge >= 0.3 is 0 Å². The SMILES string of the molecule is CC(=O)C(CCCCNC(=O)CN1C(=O)CC(C)C1=O)NC(=O)CN1C(=O)CC(C)C1=O. The molecule has 2 saturated heterocycles. The lowest BCUT2D eigenvalue weighted by atomic mass is 10.1. The first-order chi connectivity index (χ1) is 15.0. The van der Waals surface area contributed by atoms with Crippen LogP contribution < -0.4 is 10.6 Å². The van der Waals surface area contributed by atoms with E-state index in [1.807, 2.05) is 0 Å². The summed E-state index contributed by atoms with van der Waals surface area (Å²) in [6.45, 7) is 4.18. The Bertz CT molecular complexity index is 825. The molecule has 2 rings (SSSR count). The van der Waals surface area contributed by atoms with Crippen LogP contribution in [0.15, 0.2) is 0 Å². The highest BCUT2D eigenvalue weighted by Crippen LogP contribution is 2.19.